The lowest BCUT2D eigenvalue weighted by atomic mass is 9.77. The van der Waals surface area contributed by atoms with E-state index in [1.165, 1.54) is 50.5 Å². The number of ether oxygens (including phenoxy) is 1. The predicted octanol–water partition coefficient (Wildman–Crippen LogP) is 6.04. The summed E-state index contributed by atoms with van der Waals surface area (Å²) in [5.41, 5.74) is 1.56. The number of carbonyl (C=O) groups excluding carboxylic acids is 1. The Morgan fingerprint density at radius 2 is 1.78 bits per heavy atom. The molecule has 144 valence electrons. The number of carbonyl (C=O) groups is 1. The molecule has 27 heavy (non-hydrogen) atoms. The first-order chi connectivity index (χ1) is 13.1. The number of hydrogen-bond donors (Lipinski definition) is 0. The predicted molar refractivity (Wildman–Crippen MR) is 99.8 cm³/mol. The fourth-order valence-electron chi connectivity index (χ4n) is 3.80. The summed E-state index contributed by atoms with van der Waals surface area (Å²) in [4.78, 5) is 15.2. The summed E-state index contributed by atoms with van der Waals surface area (Å²) in [5.74, 6) is -1.77. The Morgan fingerprint density at radius 3 is 2.41 bits per heavy atom. The van der Waals surface area contributed by atoms with Crippen molar-refractivity contribution in [3.63, 3.8) is 0 Å². The van der Waals surface area contributed by atoms with Gasteiger partial charge in [-0.3, -0.25) is 0 Å². The van der Waals surface area contributed by atoms with E-state index >= 15 is 0 Å². The Labute approximate surface area is 158 Å². The molecule has 0 atom stereocenters. The summed E-state index contributed by atoms with van der Waals surface area (Å²) in [5, 5.41) is 0. The van der Waals surface area contributed by atoms with Crippen LogP contribution in [0.5, 0.6) is 5.75 Å². The Kier molecular flexibility index (Phi) is 6.54. The van der Waals surface area contributed by atoms with Crippen LogP contribution in [-0.4, -0.2) is 11.0 Å². The number of halogens is 2. The van der Waals surface area contributed by atoms with Gasteiger partial charge in [0.25, 0.3) is 5.95 Å². The fourth-order valence-corrected chi connectivity index (χ4v) is 3.80. The maximum Gasteiger partial charge on any atom is 0.343 e. The van der Waals surface area contributed by atoms with Crippen molar-refractivity contribution in [2.45, 2.75) is 57.8 Å². The van der Waals surface area contributed by atoms with Crippen LogP contribution in [0.25, 0.3) is 0 Å². The molecule has 0 radical (unpaired) electrons. The second kappa shape index (κ2) is 9.07. The molecule has 1 aromatic carbocycles. The fraction of sp³-hybridized carbons (Fsp3) is 0.455. The van der Waals surface area contributed by atoms with Crippen LogP contribution in [0.1, 0.15) is 73.7 Å². The molecule has 1 aliphatic carbocycles. The minimum absolute atomic E-state index is 0.333. The van der Waals surface area contributed by atoms with Crippen molar-refractivity contribution in [3.05, 3.63) is 59.4 Å². The molecule has 2 aromatic rings. The quantitative estimate of drug-likeness (QED) is 0.457. The minimum Gasteiger partial charge on any atom is -0.418 e. The van der Waals surface area contributed by atoms with Crippen LogP contribution in [0.15, 0.2) is 36.4 Å². The van der Waals surface area contributed by atoms with E-state index in [1.807, 2.05) is 12.1 Å². The molecule has 1 aromatic heterocycles. The van der Waals surface area contributed by atoms with E-state index in [-0.39, 0.29) is 5.75 Å². The van der Waals surface area contributed by atoms with Crippen LogP contribution in [0.4, 0.5) is 8.78 Å². The molecular weight excluding hydrogens is 348 g/mol. The third kappa shape index (κ3) is 5.12. The van der Waals surface area contributed by atoms with Crippen LogP contribution in [0.2, 0.25) is 0 Å². The van der Waals surface area contributed by atoms with Gasteiger partial charge in [-0.15, -0.1) is 0 Å². The molecule has 1 heterocycles. The third-order valence-corrected chi connectivity index (χ3v) is 5.41. The van der Waals surface area contributed by atoms with Gasteiger partial charge >= 0.3 is 5.97 Å². The number of rotatable bonds is 6. The van der Waals surface area contributed by atoms with E-state index in [1.54, 1.807) is 12.1 Å². The van der Waals surface area contributed by atoms with E-state index < -0.39 is 17.9 Å². The number of pyridine rings is 1. The van der Waals surface area contributed by atoms with E-state index in [0.717, 1.165) is 18.1 Å². The van der Waals surface area contributed by atoms with E-state index in [4.69, 9.17) is 4.74 Å². The largest absolute Gasteiger partial charge is 0.418 e. The van der Waals surface area contributed by atoms with Gasteiger partial charge in [-0.05, 0) is 67.3 Å². The van der Waals surface area contributed by atoms with Crippen LogP contribution in [0.3, 0.4) is 0 Å². The van der Waals surface area contributed by atoms with Gasteiger partial charge < -0.3 is 4.74 Å². The molecule has 0 bridgehead atoms. The monoisotopic (exact) mass is 373 g/mol. The minimum atomic E-state index is -1.14. The maximum absolute atomic E-state index is 13.5. The lowest BCUT2D eigenvalue weighted by Crippen LogP contribution is -2.14. The van der Waals surface area contributed by atoms with Crippen molar-refractivity contribution in [1.82, 2.24) is 4.98 Å². The average Bonchev–Trinajstić information content (AvgIpc) is 2.69. The molecule has 0 saturated heterocycles. The smallest absolute Gasteiger partial charge is 0.343 e. The van der Waals surface area contributed by atoms with Crippen molar-refractivity contribution in [3.8, 4) is 5.75 Å². The van der Waals surface area contributed by atoms with E-state index in [0.29, 0.717) is 11.5 Å². The van der Waals surface area contributed by atoms with Gasteiger partial charge in [0.15, 0.2) is 5.75 Å². The molecule has 3 nitrogen and oxygen atoms in total. The normalized spacial score (nSPS) is 19.7. The number of esters is 1. The number of nitrogens with zero attached hydrogens (tertiary/aromatic N) is 1. The van der Waals surface area contributed by atoms with Gasteiger partial charge in [-0.25, -0.2) is 4.79 Å². The van der Waals surface area contributed by atoms with Crippen LogP contribution < -0.4 is 4.74 Å². The number of hydrogen-bond acceptors (Lipinski definition) is 3. The highest BCUT2D eigenvalue weighted by Crippen LogP contribution is 2.37. The molecule has 0 unspecified atom stereocenters. The SMILES string of the molecule is CCCCC1CCC(c2ccc(C(=O)Oc3ccc(F)nc3F)cc2)CC1. The average molecular weight is 373 g/mol. The zero-order chi connectivity index (χ0) is 19.2. The molecule has 3 rings (SSSR count). The van der Waals surface area contributed by atoms with Crippen molar-refractivity contribution >= 4 is 5.97 Å². The summed E-state index contributed by atoms with van der Waals surface area (Å²) >= 11 is 0. The summed E-state index contributed by atoms with van der Waals surface area (Å²) in [6.45, 7) is 2.24. The van der Waals surface area contributed by atoms with Crippen molar-refractivity contribution < 1.29 is 18.3 Å². The Balaban J connectivity index is 1.58. The van der Waals surface area contributed by atoms with Crippen molar-refractivity contribution in [2.75, 3.05) is 0 Å². The molecule has 5 heteroatoms. The first kappa shape index (κ1) is 19.5. The zero-order valence-electron chi connectivity index (χ0n) is 15.6. The second-order valence-electron chi connectivity index (χ2n) is 7.29. The Hall–Kier alpha value is -2.30. The summed E-state index contributed by atoms with van der Waals surface area (Å²) < 4.78 is 31.3. The summed E-state index contributed by atoms with van der Waals surface area (Å²) in [7, 11) is 0. The number of aromatic nitrogens is 1. The molecule has 1 fully saturated rings. The highest BCUT2D eigenvalue weighted by molar-refractivity contribution is 5.91. The first-order valence-corrected chi connectivity index (χ1v) is 9.71. The van der Waals surface area contributed by atoms with Crippen LogP contribution >= 0.6 is 0 Å². The van der Waals surface area contributed by atoms with Gasteiger partial charge in [0.2, 0.25) is 5.95 Å². The first-order valence-electron chi connectivity index (χ1n) is 9.71. The Bertz CT molecular complexity index is 768. The van der Waals surface area contributed by atoms with Gasteiger partial charge in [-0.1, -0.05) is 38.3 Å². The van der Waals surface area contributed by atoms with Gasteiger partial charge in [0.1, 0.15) is 0 Å². The maximum atomic E-state index is 13.5. The number of unbranched alkanes of at least 4 members (excludes halogenated alkanes) is 1. The van der Waals surface area contributed by atoms with Gasteiger partial charge in [-0.2, -0.15) is 13.8 Å². The molecular formula is C22H25F2NO2. The lowest BCUT2D eigenvalue weighted by molar-refractivity contribution is 0.0725. The molecule has 0 N–H and O–H groups in total. The molecule has 1 saturated carbocycles. The summed E-state index contributed by atoms with van der Waals surface area (Å²) in [6, 6.07) is 9.32. The van der Waals surface area contributed by atoms with E-state index in [2.05, 4.69) is 11.9 Å². The van der Waals surface area contributed by atoms with Gasteiger partial charge in [0.05, 0.1) is 5.56 Å². The van der Waals surface area contributed by atoms with Crippen LogP contribution in [0, 0.1) is 17.8 Å². The van der Waals surface area contributed by atoms with Gasteiger partial charge in [0, 0.05) is 0 Å². The highest BCUT2D eigenvalue weighted by Gasteiger charge is 2.22. The molecule has 1 aliphatic rings. The molecule has 0 amide bonds. The third-order valence-electron chi connectivity index (χ3n) is 5.41. The lowest BCUT2D eigenvalue weighted by Gasteiger charge is -2.28. The standard InChI is InChI=1S/C22H25F2NO2/c1-2-3-4-15-5-7-16(8-6-15)17-9-11-18(12-10-17)22(26)27-19-13-14-20(23)25-21(19)24/h9-16H,2-8H2,1H3. The zero-order valence-corrected chi connectivity index (χ0v) is 15.6. The highest BCUT2D eigenvalue weighted by atomic mass is 19.1. The van der Waals surface area contributed by atoms with Crippen molar-refractivity contribution in [2.24, 2.45) is 5.92 Å². The topological polar surface area (TPSA) is 39.2 Å². The molecule has 0 spiro atoms. The summed E-state index contributed by atoms with van der Waals surface area (Å²) in [6.07, 6.45) is 8.82. The second-order valence-corrected chi connectivity index (χ2v) is 7.29. The van der Waals surface area contributed by atoms with Crippen LogP contribution in [-0.2, 0) is 0 Å². The Morgan fingerprint density at radius 1 is 1.07 bits per heavy atom. The number of benzene rings is 1. The molecule has 0 aliphatic heterocycles. The van der Waals surface area contributed by atoms with Crippen molar-refractivity contribution in [1.29, 1.82) is 0 Å². The van der Waals surface area contributed by atoms with E-state index in [9.17, 15) is 13.6 Å².